The molecule has 3 aromatic rings. The predicted octanol–water partition coefficient (Wildman–Crippen LogP) is 1.22. The second-order valence-corrected chi connectivity index (χ2v) is 8.28. The van der Waals surface area contributed by atoms with Gasteiger partial charge in [-0.2, -0.15) is 9.61 Å². The van der Waals surface area contributed by atoms with Crippen LogP contribution in [0.2, 0.25) is 0 Å². The Morgan fingerprint density at radius 1 is 1.20 bits per heavy atom. The summed E-state index contributed by atoms with van der Waals surface area (Å²) in [7, 11) is 1.87. The average Bonchev–Trinajstić information content (AvgIpc) is 3.03. The molecule has 0 radical (unpaired) electrons. The van der Waals surface area contributed by atoms with Crippen molar-refractivity contribution in [3.8, 4) is 0 Å². The summed E-state index contributed by atoms with van der Waals surface area (Å²) < 4.78 is 1.94. The highest BCUT2D eigenvalue weighted by atomic mass is 16.2. The minimum atomic E-state index is -0.00172. The molecule has 0 atom stereocenters. The van der Waals surface area contributed by atoms with Gasteiger partial charge in [-0.15, -0.1) is 0 Å². The van der Waals surface area contributed by atoms with E-state index in [1.54, 1.807) is 11.1 Å². The Labute approximate surface area is 175 Å². The van der Waals surface area contributed by atoms with Crippen molar-refractivity contribution in [2.45, 2.75) is 26.3 Å². The Kier molecular flexibility index (Phi) is 4.86. The molecule has 5 rings (SSSR count). The number of nitrogens with zero attached hydrogens (tertiary/aromatic N) is 6. The highest BCUT2D eigenvalue weighted by Crippen LogP contribution is 2.32. The highest BCUT2D eigenvalue weighted by molar-refractivity contribution is 5.82. The Morgan fingerprint density at radius 3 is 2.87 bits per heavy atom. The quantitative estimate of drug-likeness (QED) is 0.703. The second-order valence-electron chi connectivity index (χ2n) is 8.28. The van der Waals surface area contributed by atoms with Crippen LogP contribution in [-0.2, 0) is 24.2 Å². The van der Waals surface area contributed by atoms with E-state index in [9.17, 15) is 4.79 Å². The fourth-order valence-electron chi connectivity index (χ4n) is 4.47. The van der Waals surface area contributed by atoms with E-state index in [-0.39, 0.29) is 11.8 Å². The molecular weight excluding hydrogens is 378 g/mol. The molecule has 0 aliphatic carbocycles. The van der Waals surface area contributed by atoms with Gasteiger partial charge in [0.25, 0.3) is 0 Å². The number of fused-ring (bicyclic) bond motifs is 2. The zero-order valence-corrected chi connectivity index (χ0v) is 17.5. The van der Waals surface area contributed by atoms with Crippen LogP contribution >= 0.6 is 0 Å². The average molecular weight is 406 g/mol. The van der Waals surface area contributed by atoms with Crippen molar-refractivity contribution in [1.82, 2.24) is 29.8 Å². The van der Waals surface area contributed by atoms with Crippen LogP contribution in [0.15, 0.2) is 30.5 Å². The Morgan fingerprint density at radius 2 is 2.03 bits per heavy atom. The van der Waals surface area contributed by atoms with E-state index in [0.717, 1.165) is 54.5 Å². The molecule has 1 fully saturated rings. The predicted molar refractivity (Wildman–Crippen MR) is 114 cm³/mol. The summed E-state index contributed by atoms with van der Waals surface area (Å²) in [5, 5.41) is 7.98. The maximum Gasteiger partial charge on any atom is 0.229 e. The molecule has 3 aromatic heterocycles. The summed E-state index contributed by atoms with van der Waals surface area (Å²) in [6.07, 6.45) is 3.66. The van der Waals surface area contributed by atoms with E-state index >= 15 is 0 Å². The minimum Gasteiger partial charge on any atom is -0.354 e. The largest absolute Gasteiger partial charge is 0.354 e. The number of aromatic nitrogens is 4. The van der Waals surface area contributed by atoms with Crippen LogP contribution in [0.4, 0.5) is 5.82 Å². The molecule has 2 aliphatic rings. The fourth-order valence-corrected chi connectivity index (χ4v) is 4.47. The maximum absolute atomic E-state index is 13.0. The molecule has 8 heteroatoms. The first-order chi connectivity index (χ1) is 14.6. The Balaban J connectivity index is 1.33. The van der Waals surface area contributed by atoms with Crippen molar-refractivity contribution in [2.75, 3.05) is 38.1 Å². The molecule has 30 heavy (non-hydrogen) atoms. The van der Waals surface area contributed by atoms with Crippen LogP contribution in [0.3, 0.4) is 0 Å². The van der Waals surface area contributed by atoms with Gasteiger partial charge in [0.05, 0.1) is 30.0 Å². The van der Waals surface area contributed by atoms with Crippen molar-refractivity contribution in [3.05, 3.63) is 53.1 Å². The number of aryl methyl sites for hydroxylation is 1. The summed E-state index contributed by atoms with van der Waals surface area (Å²) in [6.45, 7) is 5.82. The molecule has 0 bridgehead atoms. The minimum absolute atomic E-state index is 0.00172. The normalized spacial score (nSPS) is 16.8. The van der Waals surface area contributed by atoms with Crippen LogP contribution in [0, 0.1) is 12.8 Å². The number of pyridine rings is 1. The molecule has 0 aromatic carbocycles. The van der Waals surface area contributed by atoms with Gasteiger partial charge in [0.15, 0.2) is 5.65 Å². The fraction of sp³-hybridized carbons (Fsp3) is 0.455. The molecular formula is C22H27N7O. The summed E-state index contributed by atoms with van der Waals surface area (Å²) in [4.78, 5) is 26.4. The molecule has 1 saturated heterocycles. The zero-order chi connectivity index (χ0) is 20.7. The SMILES string of the molecule is Cc1cccc(CN(C)C(=O)C2CN(c3c4c(nc5ccnn35)CCNCC4)C2)n1. The van der Waals surface area contributed by atoms with Crippen LogP contribution in [0.25, 0.3) is 5.65 Å². The first kappa shape index (κ1) is 19.0. The van der Waals surface area contributed by atoms with Gasteiger partial charge in [-0.1, -0.05) is 6.07 Å². The molecule has 0 saturated carbocycles. The summed E-state index contributed by atoms with van der Waals surface area (Å²) in [5.74, 6) is 1.28. The Bertz CT molecular complexity index is 1090. The first-order valence-corrected chi connectivity index (χ1v) is 10.6. The van der Waals surface area contributed by atoms with E-state index in [0.29, 0.717) is 19.6 Å². The molecule has 2 aliphatic heterocycles. The van der Waals surface area contributed by atoms with E-state index in [2.05, 4.69) is 20.3 Å². The summed E-state index contributed by atoms with van der Waals surface area (Å²) in [6, 6.07) is 7.88. The zero-order valence-electron chi connectivity index (χ0n) is 17.5. The lowest BCUT2D eigenvalue weighted by Gasteiger charge is -2.42. The van der Waals surface area contributed by atoms with Crippen LogP contribution < -0.4 is 10.2 Å². The smallest absolute Gasteiger partial charge is 0.229 e. The first-order valence-electron chi connectivity index (χ1n) is 10.6. The van der Waals surface area contributed by atoms with E-state index in [1.807, 2.05) is 42.8 Å². The lowest BCUT2D eigenvalue weighted by molar-refractivity contribution is -0.135. The topological polar surface area (TPSA) is 78.7 Å². The van der Waals surface area contributed by atoms with Crippen LogP contribution in [0.1, 0.15) is 22.6 Å². The van der Waals surface area contributed by atoms with Gasteiger partial charge in [0.2, 0.25) is 5.91 Å². The lowest BCUT2D eigenvalue weighted by atomic mass is 9.96. The lowest BCUT2D eigenvalue weighted by Crippen LogP contribution is -2.54. The molecule has 5 heterocycles. The highest BCUT2D eigenvalue weighted by Gasteiger charge is 2.37. The molecule has 0 unspecified atom stereocenters. The molecule has 0 spiro atoms. The maximum atomic E-state index is 13.0. The van der Waals surface area contributed by atoms with E-state index in [4.69, 9.17) is 4.98 Å². The van der Waals surface area contributed by atoms with Gasteiger partial charge >= 0.3 is 0 Å². The third-order valence-corrected chi connectivity index (χ3v) is 6.03. The van der Waals surface area contributed by atoms with Crippen molar-refractivity contribution in [1.29, 1.82) is 0 Å². The van der Waals surface area contributed by atoms with Crippen LogP contribution in [0.5, 0.6) is 0 Å². The number of nitrogens with one attached hydrogen (secondary N) is 1. The summed E-state index contributed by atoms with van der Waals surface area (Å²) in [5.41, 5.74) is 5.19. The number of hydrogen-bond acceptors (Lipinski definition) is 6. The second kappa shape index (κ2) is 7.68. The molecule has 156 valence electrons. The number of rotatable bonds is 4. The standard InChI is InChI=1S/C22H27N7O/c1-15-4-3-5-17(25-15)14-27(2)22(30)16-12-28(13-16)21-18-6-9-23-10-7-19(18)26-20-8-11-24-29(20)21/h3-5,8,11,16,23H,6-7,9-10,12-14H2,1-2H3. The number of carbonyl (C=O) groups is 1. The monoisotopic (exact) mass is 405 g/mol. The number of amides is 1. The number of hydrogen-bond donors (Lipinski definition) is 1. The third kappa shape index (κ3) is 3.41. The van der Waals surface area contributed by atoms with Gasteiger partial charge in [-0.3, -0.25) is 9.78 Å². The number of carbonyl (C=O) groups excluding carboxylic acids is 1. The van der Waals surface area contributed by atoms with Gasteiger partial charge in [-0.25, -0.2) is 4.98 Å². The van der Waals surface area contributed by atoms with E-state index in [1.165, 1.54) is 5.56 Å². The van der Waals surface area contributed by atoms with Crippen molar-refractivity contribution in [2.24, 2.45) is 5.92 Å². The number of anilines is 1. The Hall–Kier alpha value is -3.00. The molecule has 1 amide bonds. The molecule has 8 nitrogen and oxygen atoms in total. The van der Waals surface area contributed by atoms with Crippen LogP contribution in [-0.4, -0.2) is 63.6 Å². The van der Waals surface area contributed by atoms with Crippen molar-refractivity contribution < 1.29 is 4.79 Å². The van der Waals surface area contributed by atoms with Gasteiger partial charge in [-0.05, 0) is 32.0 Å². The summed E-state index contributed by atoms with van der Waals surface area (Å²) >= 11 is 0. The van der Waals surface area contributed by atoms with Crippen molar-refractivity contribution in [3.63, 3.8) is 0 Å². The molecule has 1 N–H and O–H groups in total. The van der Waals surface area contributed by atoms with Gasteiger partial charge < -0.3 is 15.1 Å². The van der Waals surface area contributed by atoms with E-state index < -0.39 is 0 Å². The van der Waals surface area contributed by atoms with Crippen molar-refractivity contribution >= 4 is 17.4 Å². The van der Waals surface area contributed by atoms with Gasteiger partial charge in [0, 0.05) is 50.4 Å². The third-order valence-electron chi connectivity index (χ3n) is 6.03. The van der Waals surface area contributed by atoms with Gasteiger partial charge in [0.1, 0.15) is 5.82 Å².